The fourth-order valence-electron chi connectivity index (χ4n) is 4.69. The van der Waals surface area contributed by atoms with E-state index < -0.39 is 0 Å². The standard InChI is InChI=1S/C31H25N9O2/c1-6-22-8-4-14-32-30(22)28(12-1)41-20-26-18-39(37-35-26)16-24-10-3-11-25(34-24)17-40-19-27(36-38-40)21-42-29-13-2-7-23-9-5-15-33-31(23)29/h1-15,18-19H,16-17,20-21H2. The molecule has 0 amide bonds. The van der Waals surface area contributed by atoms with Gasteiger partial charge < -0.3 is 9.47 Å². The third-order valence-electron chi connectivity index (χ3n) is 6.63. The first-order chi connectivity index (χ1) is 20.8. The van der Waals surface area contributed by atoms with E-state index in [1.54, 1.807) is 21.8 Å². The lowest BCUT2D eigenvalue weighted by Gasteiger charge is -2.07. The van der Waals surface area contributed by atoms with E-state index in [4.69, 9.17) is 14.5 Å². The average molecular weight is 556 g/mol. The van der Waals surface area contributed by atoms with Gasteiger partial charge in [0.15, 0.2) is 0 Å². The molecule has 0 aliphatic heterocycles. The van der Waals surface area contributed by atoms with E-state index in [-0.39, 0.29) is 0 Å². The second kappa shape index (κ2) is 11.4. The molecule has 0 saturated carbocycles. The SMILES string of the molecule is c1cc(Cn2cc(COc3cccc4cccnc34)nn2)nc(Cn2cc(COc3cccc4cccnc34)nn2)c1. The molecule has 11 nitrogen and oxygen atoms in total. The highest BCUT2D eigenvalue weighted by Crippen LogP contribution is 2.24. The van der Waals surface area contributed by atoms with Crippen LogP contribution in [0.15, 0.2) is 104 Å². The number of aromatic nitrogens is 9. The van der Waals surface area contributed by atoms with Gasteiger partial charge in [0.2, 0.25) is 0 Å². The molecule has 0 saturated heterocycles. The molecular formula is C31H25N9O2. The summed E-state index contributed by atoms with van der Waals surface area (Å²) in [7, 11) is 0. The number of pyridine rings is 3. The smallest absolute Gasteiger partial charge is 0.146 e. The predicted octanol–water partition coefficient (Wildman–Crippen LogP) is 4.62. The minimum atomic E-state index is 0.290. The van der Waals surface area contributed by atoms with Crippen molar-refractivity contribution in [2.45, 2.75) is 26.3 Å². The summed E-state index contributed by atoms with van der Waals surface area (Å²) in [5, 5.41) is 19.1. The number of benzene rings is 2. The normalized spacial score (nSPS) is 11.2. The number of ether oxygens (including phenoxy) is 2. The van der Waals surface area contributed by atoms with Gasteiger partial charge in [0, 0.05) is 23.2 Å². The molecule has 0 N–H and O–H groups in total. The van der Waals surface area contributed by atoms with E-state index in [0.29, 0.717) is 37.8 Å². The summed E-state index contributed by atoms with van der Waals surface area (Å²) in [6.45, 7) is 1.54. The van der Waals surface area contributed by atoms with Crippen LogP contribution in [0.2, 0.25) is 0 Å². The van der Waals surface area contributed by atoms with Crippen molar-refractivity contribution < 1.29 is 9.47 Å². The molecule has 2 aromatic carbocycles. The molecule has 5 heterocycles. The zero-order chi connectivity index (χ0) is 28.1. The summed E-state index contributed by atoms with van der Waals surface area (Å²) in [4.78, 5) is 13.6. The van der Waals surface area contributed by atoms with Gasteiger partial charge in [0.25, 0.3) is 0 Å². The molecule has 0 spiro atoms. The Bertz CT molecular complexity index is 1840. The van der Waals surface area contributed by atoms with Crippen molar-refractivity contribution in [2.24, 2.45) is 0 Å². The van der Waals surface area contributed by atoms with E-state index in [9.17, 15) is 0 Å². The number of fused-ring (bicyclic) bond motifs is 2. The van der Waals surface area contributed by atoms with Gasteiger partial charge in [-0.2, -0.15) is 0 Å². The Kier molecular flexibility index (Phi) is 6.87. The predicted molar refractivity (Wildman–Crippen MR) is 155 cm³/mol. The van der Waals surface area contributed by atoms with E-state index in [1.807, 2.05) is 91.3 Å². The first kappa shape index (κ1) is 25.3. The largest absolute Gasteiger partial charge is 0.485 e. The average Bonchev–Trinajstić information content (AvgIpc) is 3.68. The summed E-state index contributed by atoms with van der Waals surface area (Å²) in [5.41, 5.74) is 4.79. The van der Waals surface area contributed by atoms with Crippen molar-refractivity contribution in [1.29, 1.82) is 0 Å². The lowest BCUT2D eigenvalue weighted by Crippen LogP contribution is -2.07. The maximum absolute atomic E-state index is 6.00. The van der Waals surface area contributed by atoms with Crippen LogP contribution < -0.4 is 9.47 Å². The Balaban J connectivity index is 0.958. The molecule has 206 valence electrons. The number of rotatable bonds is 10. The molecule has 11 heteroatoms. The summed E-state index contributed by atoms with van der Waals surface area (Å²) < 4.78 is 15.5. The van der Waals surface area contributed by atoms with Crippen LogP contribution in [0.3, 0.4) is 0 Å². The fourth-order valence-corrected chi connectivity index (χ4v) is 4.69. The lowest BCUT2D eigenvalue weighted by molar-refractivity contribution is 0.304. The van der Waals surface area contributed by atoms with Crippen molar-refractivity contribution in [2.75, 3.05) is 0 Å². The summed E-state index contributed by atoms with van der Waals surface area (Å²) in [5.74, 6) is 1.43. The molecule has 7 rings (SSSR count). The summed E-state index contributed by atoms with van der Waals surface area (Å²) in [6, 6.07) is 25.5. The van der Waals surface area contributed by atoms with E-state index in [1.165, 1.54) is 0 Å². The van der Waals surface area contributed by atoms with Crippen molar-refractivity contribution >= 4 is 21.8 Å². The van der Waals surface area contributed by atoms with E-state index in [0.717, 1.165) is 44.6 Å². The summed E-state index contributed by atoms with van der Waals surface area (Å²) in [6.07, 6.45) is 7.24. The number of para-hydroxylation sites is 2. The number of hydrogen-bond donors (Lipinski definition) is 0. The first-order valence-electron chi connectivity index (χ1n) is 13.4. The first-order valence-corrected chi connectivity index (χ1v) is 13.4. The van der Waals surface area contributed by atoms with Crippen LogP contribution in [-0.4, -0.2) is 44.9 Å². The zero-order valence-corrected chi connectivity index (χ0v) is 22.5. The van der Waals surface area contributed by atoms with Gasteiger partial charge in [-0.15, -0.1) is 10.2 Å². The van der Waals surface area contributed by atoms with Crippen molar-refractivity contribution in [1.82, 2.24) is 44.9 Å². The zero-order valence-electron chi connectivity index (χ0n) is 22.5. The minimum absolute atomic E-state index is 0.290. The molecule has 0 atom stereocenters. The van der Waals surface area contributed by atoms with Crippen LogP contribution in [0, 0.1) is 0 Å². The van der Waals surface area contributed by atoms with E-state index in [2.05, 4.69) is 30.6 Å². The minimum Gasteiger partial charge on any atom is -0.485 e. The molecule has 0 fully saturated rings. The van der Waals surface area contributed by atoms with Crippen LogP contribution >= 0.6 is 0 Å². The second-order valence-corrected chi connectivity index (χ2v) is 9.68. The quantitative estimate of drug-likeness (QED) is 0.238. The lowest BCUT2D eigenvalue weighted by atomic mass is 10.2. The molecule has 0 aliphatic carbocycles. The molecule has 7 aromatic rings. The topological polar surface area (TPSA) is 119 Å². The molecule has 42 heavy (non-hydrogen) atoms. The van der Waals surface area contributed by atoms with Gasteiger partial charge >= 0.3 is 0 Å². The fraction of sp³-hybridized carbons (Fsp3) is 0.129. The van der Waals surface area contributed by atoms with Crippen LogP contribution in [-0.2, 0) is 26.3 Å². The molecule has 0 bridgehead atoms. The Morgan fingerprint density at radius 3 is 1.52 bits per heavy atom. The highest BCUT2D eigenvalue weighted by Gasteiger charge is 2.09. The Morgan fingerprint density at radius 1 is 0.524 bits per heavy atom. The van der Waals surface area contributed by atoms with Crippen LogP contribution in [0.5, 0.6) is 11.5 Å². The maximum atomic E-state index is 6.00. The second-order valence-electron chi connectivity index (χ2n) is 9.68. The number of nitrogens with zero attached hydrogens (tertiary/aromatic N) is 9. The highest BCUT2D eigenvalue weighted by molar-refractivity contribution is 5.84. The Labute approximate surface area is 240 Å². The molecule has 0 radical (unpaired) electrons. The Hall–Kier alpha value is -5.71. The highest BCUT2D eigenvalue weighted by atomic mass is 16.5. The van der Waals surface area contributed by atoms with Crippen molar-refractivity contribution in [3.05, 3.63) is 126 Å². The van der Waals surface area contributed by atoms with Gasteiger partial charge in [0.05, 0.1) is 36.9 Å². The third-order valence-corrected chi connectivity index (χ3v) is 6.63. The summed E-state index contributed by atoms with van der Waals surface area (Å²) >= 11 is 0. The van der Waals surface area contributed by atoms with Gasteiger partial charge in [-0.25, -0.2) is 9.36 Å². The van der Waals surface area contributed by atoms with E-state index >= 15 is 0 Å². The van der Waals surface area contributed by atoms with Crippen molar-refractivity contribution in [3.63, 3.8) is 0 Å². The van der Waals surface area contributed by atoms with Gasteiger partial charge in [-0.1, -0.05) is 52.9 Å². The van der Waals surface area contributed by atoms with Crippen molar-refractivity contribution in [3.8, 4) is 11.5 Å². The monoisotopic (exact) mass is 555 g/mol. The van der Waals surface area contributed by atoms with Crippen LogP contribution in [0.4, 0.5) is 0 Å². The Morgan fingerprint density at radius 2 is 1.00 bits per heavy atom. The molecule has 0 aliphatic rings. The molecular weight excluding hydrogens is 530 g/mol. The van der Waals surface area contributed by atoms with Crippen LogP contribution in [0.1, 0.15) is 22.8 Å². The maximum Gasteiger partial charge on any atom is 0.146 e. The van der Waals surface area contributed by atoms with Crippen LogP contribution in [0.25, 0.3) is 21.8 Å². The third kappa shape index (κ3) is 5.61. The van der Waals surface area contributed by atoms with Gasteiger partial charge in [-0.3, -0.25) is 15.0 Å². The molecule has 0 unspecified atom stereocenters. The molecule has 5 aromatic heterocycles. The van der Waals surface area contributed by atoms with Gasteiger partial charge in [0.1, 0.15) is 47.1 Å². The number of hydrogen-bond acceptors (Lipinski definition) is 9. The van der Waals surface area contributed by atoms with Gasteiger partial charge in [-0.05, 0) is 36.4 Å².